The lowest BCUT2D eigenvalue weighted by molar-refractivity contribution is -0.144. The zero-order valence-corrected chi connectivity index (χ0v) is 21.8. The number of rotatable bonds is 4. The predicted octanol–water partition coefficient (Wildman–Crippen LogP) is 7.74. The Hall–Kier alpha value is -5.88. The maximum Gasteiger partial charge on any atom is 0.416 e. The summed E-state index contributed by atoms with van der Waals surface area (Å²) in [5.41, 5.74) is -9.40. The fraction of sp³-hybridized carbons (Fsp3) is 0.143. The first-order chi connectivity index (χ1) is 21.1. The summed E-state index contributed by atoms with van der Waals surface area (Å²) < 4.78 is 171. The van der Waals surface area contributed by atoms with Gasteiger partial charge in [0.2, 0.25) is 0 Å². The summed E-state index contributed by atoms with van der Waals surface area (Å²) in [6.45, 7) is 0. The van der Waals surface area contributed by atoms with Gasteiger partial charge >= 0.3 is 24.7 Å². The molecule has 0 fully saturated rings. The third kappa shape index (κ3) is 7.79. The van der Waals surface area contributed by atoms with Crippen LogP contribution in [0.2, 0.25) is 0 Å². The molecule has 0 aromatic heterocycles. The molecule has 3 rings (SSSR count). The van der Waals surface area contributed by atoms with Gasteiger partial charge in [-0.05, 0) is 48.5 Å². The van der Waals surface area contributed by atoms with E-state index in [1.54, 1.807) is 0 Å². The van der Waals surface area contributed by atoms with Crippen molar-refractivity contribution < 1.29 is 62.2 Å². The van der Waals surface area contributed by atoms with Crippen LogP contribution in [0, 0.1) is 45.3 Å². The summed E-state index contributed by atoms with van der Waals surface area (Å²) in [5.74, 6) is -4.23. The fourth-order valence-electron chi connectivity index (χ4n) is 3.64. The molecule has 236 valence electrons. The zero-order valence-electron chi connectivity index (χ0n) is 21.8. The van der Waals surface area contributed by atoms with E-state index in [2.05, 4.69) is 0 Å². The zero-order chi connectivity index (χ0) is 34.8. The monoisotopic (exact) mass is 660 g/mol. The maximum atomic E-state index is 13.4. The number of alkyl halides is 12. The van der Waals surface area contributed by atoms with E-state index >= 15 is 0 Å². The van der Waals surface area contributed by atoms with Crippen LogP contribution in [-0.4, -0.2) is 0 Å². The minimum Gasteiger partial charge on any atom is -0.457 e. The van der Waals surface area contributed by atoms with Crippen LogP contribution in [0.1, 0.15) is 22.3 Å². The molecule has 0 aliphatic heterocycles. The highest BCUT2D eigenvalue weighted by molar-refractivity contribution is 5.77. The highest BCUT2D eigenvalue weighted by Crippen LogP contribution is 2.40. The Bertz CT molecular complexity index is 1760. The second-order valence-corrected chi connectivity index (χ2v) is 8.73. The number of halogens is 12. The first-order valence-corrected chi connectivity index (χ1v) is 11.6. The first kappa shape index (κ1) is 34.6. The average Bonchev–Trinajstić information content (AvgIpc) is 2.94. The van der Waals surface area contributed by atoms with Crippen molar-refractivity contribution in [3.63, 3.8) is 0 Å². The Morgan fingerprint density at radius 2 is 0.652 bits per heavy atom. The minimum absolute atomic E-state index is 0.0992. The number of benzene rings is 3. The SMILES string of the molecule is N#CC(C#N)=c1cc(Oc2cc(C(F)(F)F)cc(C(F)(F)F)c2)c(=C(C#N)C#N)cc1Oc1cc(C(F)(F)F)cc(C(F)(F)F)c1. The van der Waals surface area contributed by atoms with Crippen molar-refractivity contribution in [1.29, 1.82) is 21.0 Å². The van der Waals surface area contributed by atoms with E-state index in [1.807, 2.05) is 0 Å². The van der Waals surface area contributed by atoms with Gasteiger partial charge in [-0.15, -0.1) is 0 Å². The van der Waals surface area contributed by atoms with Gasteiger partial charge < -0.3 is 9.47 Å². The number of hydrogen-bond donors (Lipinski definition) is 0. The standard InChI is InChI=1S/C28H8F12N4O2/c29-25(30,31)15-1-16(26(32,33)34)4-19(3-15)45-23-7-22(14(11-43)12-44)24(8-21(23)13(9-41)10-42)46-20-5-17(27(35,36)37)2-18(6-20)28(38,39)40/h1-8H. The topological polar surface area (TPSA) is 114 Å². The molecule has 0 heterocycles. The molecule has 0 atom stereocenters. The molecule has 0 N–H and O–H groups in total. The molecule has 0 unspecified atom stereocenters. The Morgan fingerprint density at radius 1 is 0.413 bits per heavy atom. The predicted molar refractivity (Wildman–Crippen MR) is 128 cm³/mol. The highest BCUT2D eigenvalue weighted by atomic mass is 19.4. The van der Waals surface area contributed by atoms with Gasteiger partial charge in [-0.2, -0.15) is 73.7 Å². The largest absolute Gasteiger partial charge is 0.457 e. The van der Waals surface area contributed by atoms with Gasteiger partial charge in [-0.25, -0.2) is 0 Å². The van der Waals surface area contributed by atoms with Crippen molar-refractivity contribution in [2.45, 2.75) is 24.7 Å². The quantitative estimate of drug-likeness (QED) is 0.265. The summed E-state index contributed by atoms with van der Waals surface area (Å²) in [6, 6.07) is 6.18. The van der Waals surface area contributed by atoms with E-state index in [0.717, 1.165) is 0 Å². The molecule has 0 spiro atoms. The van der Waals surface area contributed by atoms with E-state index in [0.29, 0.717) is 12.1 Å². The molecular formula is C28H8F12N4O2. The van der Waals surface area contributed by atoms with Crippen LogP contribution < -0.4 is 19.9 Å². The molecule has 0 saturated heterocycles. The smallest absolute Gasteiger partial charge is 0.416 e. The molecule has 3 aromatic carbocycles. The summed E-state index contributed by atoms with van der Waals surface area (Å²) in [5, 5.41) is 36.0. The van der Waals surface area contributed by atoms with Crippen molar-refractivity contribution in [1.82, 2.24) is 0 Å². The highest BCUT2D eigenvalue weighted by Gasteiger charge is 2.38. The molecule has 6 nitrogen and oxygen atoms in total. The summed E-state index contributed by atoms with van der Waals surface area (Å²) in [7, 11) is 0. The first-order valence-electron chi connectivity index (χ1n) is 11.6. The third-order valence-electron chi connectivity index (χ3n) is 5.65. The lowest BCUT2D eigenvalue weighted by Crippen LogP contribution is -2.19. The van der Waals surface area contributed by atoms with Gasteiger partial charge in [0.1, 0.15) is 58.4 Å². The fourth-order valence-corrected chi connectivity index (χ4v) is 3.64. The van der Waals surface area contributed by atoms with Gasteiger partial charge in [0.05, 0.1) is 22.3 Å². The van der Waals surface area contributed by atoms with Gasteiger partial charge in [0.25, 0.3) is 0 Å². The van der Waals surface area contributed by atoms with Crippen molar-refractivity contribution in [2.24, 2.45) is 0 Å². The van der Waals surface area contributed by atoms with Crippen molar-refractivity contribution in [3.8, 4) is 47.3 Å². The molecule has 0 saturated carbocycles. The lowest BCUT2D eigenvalue weighted by Gasteiger charge is -2.17. The molecule has 18 heteroatoms. The summed E-state index contributed by atoms with van der Waals surface area (Å²) in [6.07, 6.45) is -21.4. The lowest BCUT2D eigenvalue weighted by atomic mass is 10.1. The van der Waals surface area contributed by atoms with Crippen LogP contribution in [0.15, 0.2) is 48.5 Å². The molecule has 3 aromatic rings. The van der Waals surface area contributed by atoms with Crippen LogP contribution in [0.25, 0.3) is 11.1 Å². The molecule has 0 aliphatic carbocycles. The molecular weight excluding hydrogens is 652 g/mol. The number of hydrogen-bond acceptors (Lipinski definition) is 6. The Labute approximate surface area is 248 Å². The maximum absolute atomic E-state index is 13.4. The summed E-state index contributed by atoms with van der Waals surface area (Å²) in [4.78, 5) is 0. The van der Waals surface area contributed by atoms with Crippen LogP contribution in [-0.2, 0) is 24.7 Å². The number of nitriles is 4. The van der Waals surface area contributed by atoms with E-state index in [9.17, 15) is 73.7 Å². The number of nitrogens with zero attached hydrogens (tertiary/aromatic N) is 4. The van der Waals surface area contributed by atoms with Crippen molar-refractivity contribution in [2.75, 3.05) is 0 Å². The minimum atomic E-state index is -5.34. The van der Waals surface area contributed by atoms with Gasteiger partial charge in [-0.3, -0.25) is 0 Å². The van der Waals surface area contributed by atoms with Crippen LogP contribution in [0.4, 0.5) is 52.7 Å². The Morgan fingerprint density at radius 3 is 0.848 bits per heavy atom. The van der Waals surface area contributed by atoms with Gasteiger partial charge in [-0.1, -0.05) is 0 Å². The van der Waals surface area contributed by atoms with Crippen LogP contribution in [0.5, 0.6) is 23.0 Å². The Kier molecular flexibility index (Phi) is 9.22. The van der Waals surface area contributed by atoms with E-state index in [4.69, 9.17) is 9.47 Å². The Balaban J connectivity index is 2.43. The normalized spacial score (nSPS) is 11.8. The number of ether oxygens (including phenoxy) is 2. The molecule has 0 amide bonds. The summed E-state index contributed by atoms with van der Waals surface area (Å²) >= 11 is 0. The average molecular weight is 660 g/mol. The van der Waals surface area contributed by atoms with Gasteiger partial charge in [0, 0.05) is 10.4 Å². The van der Waals surface area contributed by atoms with E-state index in [-0.39, 0.29) is 36.4 Å². The molecule has 0 bridgehead atoms. The molecule has 0 aliphatic rings. The van der Waals surface area contributed by atoms with Crippen molar-refractivity contribution in [3.05, 3.63) is 81.2 Å². The molecule has 46 heavy (non-hydrogen) atoms. The van der Waals surface area contributed by atoms with E-state index in [1.165, 1.54) is 24.3 Å². The van der Waals surface area contributed by atoms with Crippen LogP contribution >= 0.6 is 0 Å². The third-order valence-corrected chi connectivity index (χ3v) is 5.65. The second-order valence-electron chi connectivity index (χ2n) is 8.73. The molecule has 0 radical (unpaired) electrons. The van der Waals surface area contributed by atoms with Gasteiger partial charge in [0.15, 0.2) is 0 Å². The van der Waals surface area contributed by atoms with E-state index < -0.39 is 91.5 Å². The second kappa shape index (κ2) is 12.3. The van der Waals surface area contributed by atoms with Crippen molar-refractivity contribution >= 4 is 11.1 Å². The van der Waals surface area contributed by atoms with Crippen LogP contribution in [0.3, 0.4) is 0 Å².